The lowest BCUT2D eigenvalue weighted by atomic mass is 10.2. The van der Waals surface area contributed by atoms with Crippen LogP contribution in [-0.2, 0) is 0 Å². The highest BCUT2D eigenvalue weighted by atomic mass is 35.5. The van der Waals surface area contributed by atoms with Crippen molar-refractivity contribution in [3.63, 3.8) is 0 Å². The quantitative estimate of drug-likeness (QED) is 0.718. The van der Waals surface area contributed by atoms with E-state index in [0.717, 1.165) is 5.76 Å². The van der Waals surface area contributed by atoms with E-state index in [4.69, 9.17) is 20.8 Å². The largest absolute Gasteiger partial charge is 0.492 e. The molecule has 0 aliphatic heterocycles. The number of urea groups is 1. The molecular weight excluding hydrogens is 330 g/mol. The first-order valence-corrected chi connectivity index (χ1v) is 8.04. The Hall–Kier alpha value is -2.18. The van der Waals surface area contributed by atoms with Gasteiger partial charge in [-0.1, -0.05) is 11.6 Å². The lowest BCUT2D eigenvalue weighted by molar-refractivity contribution is 0.222. The summed E-state index contributed by atoms with van der Waals surface area (Å²) < 4.78 is 10.9. The van der Waals surface area contributed by atoms with Gasteiger partial charge in [0.05, 0.1) is 18.8 Å². The Morgan fingerprint density at radius 2 is 2.00 bits per heavy atom. The van der Waals surface area contributed by atoms with Crippen LogP contribution in [0.2, 0.25) is 5.02 Å². The number of amides is 2. The van der Waals surface area contributed by atoms with Gasteiger partial charge in [-0.2, -0.15) is 0 Å². The Labute approximate surface area is 146 Å². The maximum atomic E-state index is 11.9. The zero-order chi connectivity index (χ0) is 17.4. The van der Waals surface area contributed by atoms with E-state index in [2.05, 4.69) is 10.6 Å². The second-order valence-electron chi connectivity index (χ2n) is 5.43. The predicted octanol–water partition coefficient (Wildman–Crippen LogP) is 2.91. The van der Waals surface area contributed by atoms with Gasteiger partial charge in [0.2, 0.25) is 0 Å². The average Bonchev–Trinajstić information content (AvgIpc) is 3.07. The SMILES string of the molecule is CN(C)C(CNC(=O)NCCOc1ccc(Cl)cc1)c1ccco1. The first-order chi connectivity index (χ1) is 11.6. The van der Waals surface area contributed by atoms with Crippen molar-refractivity contribution in [2.75, 3.05) is 33.8 Å². The molecule has 2 N–H and O–H groups in total. The Kier molecular flexibility index (Phi) is 6.96. The van der Waals surface area contributed by atoms with E-state index in [0.29, 0.717) is 30.5 Å². The normalized spacial score (nSPS) is 12.0. The van der Waals surface area contributed by atoms with E-state index in [1.807, 2.05) is 31.1 Å². The average molecular weight is 352 g/mol. The number of hydrogen-bond acceptors (Lipinski definition) is 4. The molecule has 0 spiro atoms. The number of nitrogens with zero attached hydrogens (tertiary/aromatic N) is 1. The number of halogens is 1. The molecule has 2 amide bonds. The fourth-order valence-electron chi connectivity index (χ4n) is 2.13. The molecule has 0 aliphatic carbocycles. The Morgan fingerprint density at radius 1 is 1.25 bits per heavy atom. The van der Waals surface area contributed by atoms with E-state index in [9.17, 15) is 4.79 Å². The van der Waals surface area contributed by atoms with E-state index in [1.54, 1.807) is 30.5 Å². The lowest BCUT2D eigenvalue weighted by Gasteiger charge is -2.22. The van der Waals surface area contributed by atoms with Crippen LogP contribution in [0.3, 0.4) is 0 Å². The Bertz CT molecular complexity index is 615. The number of carbonyl (C=O) groups excluding carboxylic acids is 1. The molecule has 7 heteroatoms. The van der Waals surface area contributed by atoms with Gasteiger partial charge in [0.15, 0.2) is 0 Å². The van der Waals surface area contributed by atoms with Crippen molar-refractivity contribution < 1.29 is 13.9 Å². The molecule has 0 radical (unpaired) electrons. The van der Waals surface area contributed by atoms with Gasteiger partial charge in [0, 0.05) is 11.6 Å². The zero-order valence-electron chi connectivity index (χ0n) is 13.8. The highest BCUT2D eigenvalue weighted by Crippen LogP contribution is 2.17. The minimum atomic E-state index is -0.242. The summed E-state index contributed by atoms with van der Waals surface area (Å²) in [4.78, 5) is 13.8. The number of nitrogens with one attached hydrogen (secondary N) is 2. The smallest absolute Gasteiger partial charge is 0.314 e. The van der Waals surface area contributed by atoms with Crippen LogP contribution >= 0.6 is 11.6 Å². The minimum Gasteiger partial charge on any atom is -0.492 e. The molecule has 1 heterocycles. The van der Waals surface area contributed by atoms with Gasteiger partial charge >= 0.3 is 6.03 Å². The fourth-order valence-corrected chi connectivity index (χ4v) is 2.26. The molecule has 1 unspecified atom stereocenters. The second kappa shape index (κ2) is 9.20. The lowest BCUT2D eigenvalue weighted by Crippen LogP contribution is -2.41. The minimum absolute atomic E-state index is 0.0175. The van der Waals surface area contributed by atoms with E-state index in [-0.39, 0.29) is 12.1 Å². The topological polar surface area (TPSA) is 66.7 Å². The van der Waals surface area contributed by atoms with Crippen molar-refractivity contribution >= 4 is 17.6 Å². The molecule has 0 aliphatic rings. The maximum absolute atomic E-state index is 11.9. The highest BCUT2D eigenvalue weighted by molar-refractivity contribution is 6.30. The summed E-state index contributed by atoms with van der Waals surface area (Å²) >= 11 is 5.80. The molecule has 0 saturated carbocycles. The summed E-state index contributed by atoms with van der Waals surface area (Å²) in [5.74, 6) is 1.53. The number of carbonyl (C=O) groups is 1. The van der Waals surface area contributed by atoms with E-state index < -0.39 is 0 Å². The van der Waals surface area contributed by atoms with Crippen molar-refractivity contribution in [2.45, 2.75) is 6.04 Å². The summed E-state index contributed by atoms with van der Waals surface area (Å²) in [6, 6.07) is 10.6. The van der Waals surface area contributed by atoms with Crippen LogP contribution in [0.25, 0.3) is 0 Å². The second-order valence-corrected chi connectivity index (χ2v) is 5.87. The predicted molar refractivity (Wildman–Crippen MR) is 93.5 cm³/mol. The summed E-state index contributed by atoms with van der Waals surface area (Å²) in [5.41, 5.74) is 0. The molecule has 0 fully saturated rings. The summed E-state index contributed by atoms with van der Waals surface area (Å²) in [6.07, 6.45) is 1.63. The Balaban J connectivity index is 1.66. The van der Waals surface area contributed by atoms with Crippen LogP contribution < -0.4 is 15.4 Å². The number of rotatable bonds is 8. The van der Waals surface area contributed by atoms with Gasteiger partial charge in [-0.3, -0.25) is 4.90 Å². The van der Waals surface area contributed by atoms with Gasteiger partial charge in [0.1, 0.15) is 18.1 Å². The Morgan fingerprint density at radius 3 is 2.62 bits per heavy atom. The standard InChI is InChI=1S/C17H22ClN3O3/c1-21(2)15(16-4-3-10-24-16)12-20-17(22)19-9-11-23-14-7-5-13(18)6-8-14/h3-8,10,15H,9,11-12H2,1-2H3,(H2,19,20,22). The first kappa shape index (κ1) is 18.2. The molecule has 1 atom stereocenters. The number of hydrogen-bond donors (Lipinski definition) is 2. The number of benzene rings is 1. The van der Waals surface area contributed by atoms with Gasteiger partial charge in [-0.25, -0.2) is 4.79 Å². The molecule has 2 aromatic rings. The van der Waals surface area contributed by atoms with Crippen LogP contribution in [-0.4, -0.2) is 44.7 Å². The third-order valence-electron chi connectivity index (χ3n) is 3.42. The molecule has 130 valence electrons. The van der Waals surface area contributed by atoms with Crippen LogP contribution in [0.15, 0.2) is 47.1 Å². The van der Waals surface area contributed by atoms with Gasteiger partial charge in [-0.15, -0.1) is 0 Å². The highest BCUT2D eigenvalue weighted by Gasteiger charge is 2.17. The van der Waals surface area contributed by atoms with Gasteiger partial charge in [0.25, 0.3) is 0 Å². The maximum Gasteiger partial charge on any atom is 0.314 e. The third kappa shape index (κ3) is 5.79. The molecule has 2 rings (SSSR count). The molecule has 1 aromatic carbocycles. The number of likely N-dealkylation sites (N-methyl/N-ethyl adjacent to an activating group) is 1. The van der Waals surface area contributed by atoms with Crippen LogP contribution in [0, 0.1) is 0 Å². The van der Waals surface area contributed by atoms with Crippen molar-refractivity contribution in [1.29, 1.82) is 0 Å². The van der Waals surface area contributed by atoms with Gasteiger partial charge < -0.3 is 19.8 Å². The summed E-state index contributed by atoms with van der Waals surface area (Å²) in [7, 11) is 3.87. The van der Waals surface area contributed by atoms with Gasteiger partial charge in [-0.05, 0) is 50.5 Å². The van der Waals surface area contributed by atoms with Crippen LogP contribution in [0.1, 0.15) is 11.8 Å². The zero-order valence-corrected chi connectivity index (χ0v) is 14.5. The van der Waals surface area contributed by atoms with Crippen molar-refractivity contribution in [3.05, 3.63) is 53.4 Å². The first-order valence-electron chi connectivity index (χ1n) is 7.66. The fraction of sp³-hybridized carbons (Fsp3) is 0.353. The van der Waals surface area contributed by atoms with Crippen LogP contribution in [0.5, 0.6) is 5.75 Å². The molecule has 0 saturated heterocycles. The van der Waals surface area contributed by atoms with Crippen molar-refractivity contribution in [3.8, 4) is 5.75 Å². The van der Waals surface area contributed by atoms with E-state index >= 15 is 0 Å². The summed E-state index contributed by atoms with van der Waals surface area (Å²) in [6.45, 7) is 1.23. The van der Waals surface area contributed by atoms with Crippen LogP contribution in [0.4, 0.5) is 4.79 Å². The third-order valence-corrected chi connectivity index (χ3v) is 3.67. The van der Waals surface area contributed by atoms with Crippen molar-refractivity contribution in [2.24, 2.45) is 0 Å². The monoisotopic (exact) mass is 351 g/mol. The molecule has 6 nitrogen and oxygen atoms in total. The molecule has 0 bridgehead atoms. The number of ether oxygens (including phenoxy) is 1. The molecular formula is C17H22ClN3O3. The number of furan rings is 1. The molecule has 24 heavy (non-hydrogen) atoms. The summed E-state index contributed by atoms with van der Waals surface area (Å²) in [5, 5.41) is 6.25. The van der Waals surface area contributed by atoms with Crippen molar-refractivity contribution in [1.82, 2.24) is 15.5 Å². The van der Waals surface area contributed by atoms with E-state index in [1.165, 1.54) is 0 Å². The molecule has 1 aromatic heterocycles.